The highest BCUT2D eigenvalue weighted by Crippen LogP contribution is 2.33. The molecule has 3 amide bonds. The minimum atomic E-state index is -0.900. The lowest BCUT2D eigenvalue weighted by molar-refractivity contribution is -0.120. The Balaban J connectivity index is 1.58. The molecular weight excluding hydrogens is 392 g/mol. The summed E-state index contributed by atoms with van der Waals surface area (Å²) < 4.78 is 11.0. The first kappa shape index (κ1) is 19.3. The average molecular weight is 412 g/mol. The maximum absolute atomic E-state index is 13.1. The van der Waals surface area contributed by atoms with Gasteiger partial charge in [0, 0.05) is 11.8 Å². The minimum Gasteiger partial charge on any atom is -0.486 e. The Labute approximate surface area is 172 Å². The number of imide groups is 1. The zero-order valence-electron chi connectivity index (χ0n) is 15.8. The fraction of sp³-hybridized carbons (Fsp3) is 0.286. The van der Waals surface area contributed by atoms with Gasteiger partial charge >= 0.3 is 0 Å². The molecule has 1 unspecified atom stereocenters. The standard InChI is InChI=1S/C21H20N2O5S/c1-29-11-8-16(23-20(25)14-4-2-3-5-15(14)21(23)26)19(24)22-13-6-7-17-18(12-13)28-10-9-27-17/h2-7,12,16H,8-11H2,1H3,(H,22,24). The number of ether oxygens (including phenoxy) is 2. The van der Waals surface area contributed by atoms with E-state index in [-0.39, 0.29) is 0 Å². The number of rotatable bonds is 6. The first-order valence-corrected chi connectivity index (χ1v) is 10.7. The lowest BCUT2D eigenvalue weighted by Crippen LogP contribution is -2.47. The summed E-state index contributed by atoms with van der Waals surface area (Å²) in [6.45, 7) is 0.922. The molecule has 2 aromatic rings. The van der Waals surface area contributed by atoms with Gasteiger partial charge in [-0.15, -0.1) is 0 Å². The highest BCUT2D eigenvalue weighted by molar-refractivity contribution is 7.98. The molecule has 0 saturated carbocycles. The molecule has 7 nitrogen and oxygen atoms in total. The van der Waals surface area contributed by atoms with E-state index < -0.39 is 23.8 Å². The summed E-state index contributed by atoms with van der Waals surface area (Å²) in [6.07, 6.45) is 2.28. The molecule has 8 heteroatoms. The lowest BCUT2D eigenvalue weighted by Gasteiger charge is -2.25. The zero-order chi connectivity index (χ0) is 20.4. The number of nitrogens with zero attached hydrogens (tertiary/aromatic N) is 1. The molecule has 0 spiro atoms. The van der Waals surface area contributed by atoms with Gasteiger partial charge in [-0.25, -0.2) is 0 Å². The van der Waals surface area contributed by atoms with Crippen LogP contribution in [0.2, 0.25) is 0 Å². The van der Waals surface area contributed by atoms with Crippen LogP contribution < -0.4 is 14.8 Å². The van der Waals surface area contributed by atoms with E-state index in [1.807, 2.05) is 6.26 Å². The number of carbonyl (C=O) groups is 3. The van der Waals surface area contributed by atoms with Crippen molar-refractivity contribution in [3.8, 4) is 11.5 Å². The van der Waals surface area contributed by atoms with Crippen LogP contribution in [-0.4, -0.2) is 53.9 Å². The number of thioether (sulfide) groups is 1. The third-order valence-corrected chi connectivity index (χ3v) is 5.49. The van der Waals surface area contributed by atoms with Gasteiger partial charge in [-0.2, -0.15) is 11.8 Å². The van der Waals surface area contributed by atoms with Crippen LogP contribution in [0.5, 0.6) is 11.5 Å². The van der Waals surface area contributed by atoms with E-state index in [9.17, 15) is 14.4 Å². The van der Waals surface area contributed by atoms with Crippen LogP contribution in [0.1, 0.15) is 27.1 Å². The summed E-state index contributed by atoms with van der Waals surface area (Å²) in [4.78, 5) is 39.8. The number of nitrogens with one attached hydrogen (secondary N) is 1. The van der Waals surface area contributed by atoms with Gasteiger partial charge < -0.3 is 14.8 Å². The van der Waals surface area contributed by atoms with Gasteiger partial charge in [0.1, 0.15) is 19.3 Å². The van der Waals surface area contributed by atoms with E-state index in [4.69, 9.17) is 9.47 Å². The Morgan fingerprint density at radius 3 is 2.38 bits per heavy atom. The van der Waals surface area contributed by atoms with Gasteiger partial charge in [-0.1, -0.05) is 12.1 Å². The summed E-state index contributed by atoms with van der Waals surface area (Å²) in [6, 6.07) is 10.9. The van der Waals surface area contributed by atoms with Gasteiger partial charge in [0.25, 0.3) is 11.8 Å². The molecule has 4 rings (SSSR count). The zero-order valence-corrected chi connectivity index (χ0v) is 16.7. The fourth-order valence-electron chi connectivity index (χ4n) is 3.44. The monoisotopic (exact) mass is 412 g/mol. The molecule has 2 heterocycles. The van der Waals surface area contributed by atoms with Gasteiger partial charge in [0.15, 0.2) is 11.5 Å². The molecule has 0 aliphatic carbocycles. The second-order valence-corrected chi connectivity index (χ2v) is 7.66. The second-order valence-electron chi connectivity index (χ2n) is 6.67. The normalized spacial score (nSPS) is 15.8. The maximum atomic E-state index is 13.1. The third-order valence-electron chi connectivity index (χ3n) is 4.84. The van der Waals surface area contributed by atoms with Crippen LogP contribution in [0.3, 0.4) is 0 Å². The third kappa shape index (κ3) is 3.67. The predicted octanol–water partition coefficient (Wildman–Crippen LogP) is 2.81. The van der Waals surface area contributed by atoms with Crippen molar-refractivity contribution in [2.24, 2.45) is 0 Å². The van der Waals surface area contributed by atoms with Crippen molar-refractivity contribution in [1.29, 1.82) is 0 Å². The molecule has 2 aliphatic heterocycles. The summed E-state index contributed by atoms with van der Waals surface area (Å²) in [5, 5.41) is 2.82. The van der Waals surface area contributed by atoms with Crippen molar-refractivity contribution >= 4 is 35.2 Å². The topological polar surface area (TPSA) is 84.9 Å². The van der Waals surface area contributed by atoms with E-state index in [0.29, 0.717) is 53.7 Å². The smallest absolute Gasteiger partial charge is 0.262 e. The summed E-state index contributed by atoms with van der Waals surface area (Å²) >= 11 is 1.55. The van der Waals surface area contributed by atoms with Crippen molar-refractivity contribution in [2.75, 3.05) is 30.5 Å². The van der Waals surface area contributed by atoms with Gasteiger partial charge in [-0.05, 0) is 42.7 Å². The van der Waals surface area contributed by atoms with Crippen molar-refractivity contribution in [2.45, 2.75) is 12.5 Å². The van der Waals surface area contributed by atoms with E-state index in [1.165, 1.54) is 0 Å². The summed E-state index contributed by atoms with van der Waals surface area (Å²) in [5.41, 5.74) is 1.18. The Kier molecular flexibility index (Phi) is 5.44. The molecule has 2 aromatic carbocycles. The van der Waals surface area contributed by atoms with Crippen LogP contribution >= 0.6 is 11.8 Å². The molecule has 29 heavy (non-hydrogen) atoms. The summed E-state index contributed by atoms with van der Waals surface area (Å²) in [7, 11) is 0. The molecule has 0 saturated heterocycles. The van der Waals surface area contributed by atoms with Gasteiger partial charge in [-0.3, -0.25) is 19.3 Å². The van der Waals surface area contributed by atoms with Crippen molar-refractivity contribution in [3.63, 3.8) is 0 Å². The van der Waals surface area contributed by atoms with Crippen LogP contribution in [0.15, 0.2) is 42.5 Å². The van der Waals surface area contributed by atoms with Crippen LogP contribution in [-0.2, 0) is 4.79 Å². The Hall–Kier alpha value is -3.00. The molecule has 0 fully saturated rings. The van der Waals surface area contributed by atoms with Crippen molar-refractivity contribution in [3.05, 3.63) is 53.6 Å². The SMILES string of the molecule is CSCCC(C(=O)Nc1ccc2c(c1)OCCO2)N1C(=O)c2ccccc2C1=O. The second kappa shape index (κ2) is 8.16. The van der Waals surface area contributed by atoms with E-state index in [1.54, 1.807) is 54.2 Å². The van der Waals surface area contributed by atoms with Crippen molar-refractivity contribution in [1.82, 2.24) is 4.90 Å². The number of fused-ring (bicyclic) bond motifs is 2. The van der Waals surface area contributed by atoms with Gasteiger partial charge in [0.2, 0.25) is 5.91 Å². The molecule has 150 valence electrons. The molecule has 0 aromatic heterocycles. The molecule has 2 aliphatic rings. The Morgan fingerprint density at radius 2 is 1.72 bits per heavy atom. The molecule has 1 atom stereocenters. The number of hydrogen-bond donors (Lipinski definition) is 1. The summed E-state index contributed by atoms with van der Waals surface area (Å²) in [5.74, 6) is 0.518. The first-order valence-electron chi connectivity index (χ1n) is 9.26. The average Bonchev–Trinajstić information content (AvgIpc) is 2.99. The highest BCUT2D eigenvalue weighted by Gasteiger charge is 2.42. The fourth-order valence-corrected chi connectivity index (χ4v) is 3.90. The Morgan fingerprint density at radius 1 is 1.07 bits per heavy atom. The van der Waals surface area contributed by atoms with E-state index >= 15 is 0 Å². The minimum absolute atomic E-state index is 0.332. The maximum Gasteiger partial charge on any atom is 0.262 e. The predicted molar refractivity (Wildman–Crippen MR) is 110 cm³/mol. The molecule has 0 radical (unpaired) electrons. The molecule has 1 N–H and O–H groups in total. The van der Waals surface area contributed by atoms with Crippen LogP contribution in [0.4, 0.5) is 5.69 Å². The lowest BCUT2D eigenvalue weighted by atomic mass is 10.1. The van der Waals surface area contributed by atoms with Gasteiger partial charge in [0.05, 0.1) is 11.1 Å². The number of benzene rings is 2. The molecular formula is C21H20N2O5S. The largest absolute Gasteiger partial charge is 0.486 e. The van der Waals surface area contributed by atoms with E-state index in [2.05, 4.69) is 5.32 Å². The van der Waals surface area contributed by atoms with Crippen LogP contribution in [0, 0.1) is 0 Å². The number of anilines is 1. The van der Waals surface area contributed by atoms with E-state index in [0.717, 1.165) is 4.90 Å². The quantitative estimate of drug-likeness (QED) is 0.735. The molecule has 0 bridgehead atoms. The van der Waals surface area contributed by atoms with Crippen LogP contribution in [0.25, 0.3) is 0 Å². The first-order chi connectivity index (χ1) is 14.1. The van der Waals surface area contributed by atoms with Crippen molar-refractivity contribution < 1.29 is 23.9 Å². The number of carbonyl (C=O) groups excluding carboxylic acids is 3. The highest BCUT2D eigenvalue weighted by atomic mass is 32.2. The number of hydrogen-bond acceptors (Lipinski definition) is 6. The number of amides is 3. The Bertz CT molecular complexity index is 942.